The number of nitrogens with zero attached hydrogens (tertiary/aromatic N) is 4. The number of benzene rings is 2. The SMILES string of the molecule is N#CNC(=NC[C@H](NC(=O)c1c(Cl)cc2c(c1Cl)CCN(C(=O)c1ccc(C=N)c(N)c1)C2)C(=O)O)N1CC(O)C1. The number of carbonyl (C=O) groups excluding carboxylic acids is 2. The van der Waals surface area contributed by atoms with E-state index >= 15 is 0 Å². The van der Waals surface area contributed by atoms with E-state index in [4.69, 9.17) is 39.6 Å². The van der Waals surface area contributed by atoms with E-state index in [0.29, 0.717) is 40.9 Å². The first-order chi connectivity index (χ1) is 19.5. The third kappa shape index (κ3) is 6.35. The number of nitriles is 1. The Bertz CT molecular complexity index is 1490. The largest absolute Gasteiger partial charge is 0.480 e. The molecule has 2 heterocycles. The fourth-order valence-corrected chi connectivity index (χ4v) is 5.31. The van der Waals surface area contributed by atoms with Crippen LogP contribution in [0.4, 0.5) is 5.69 Å². The number of guanidine groups is 1. The van der Waals surface area contributed by atoms with Gasteiger partial charge in [0.05, 0.1) is 28.3 Å². The summed E-state index contributed by atoms with van der Waals surface area (Å²) >= 11 is 13.0. The summed E-state index contributed by atoms with van der Waals surface area (Å²) in [5.74, 6) is -2.37. The van der Waals surface area contributed by atoms with Crippen molar-refractivity contribution in [3.63, 3.8) is 0 Å². The fourth-order valence-electron chi connectivity index (χ4n) is 4.55. The molecule has 2 amide bonds. The lowest BCUT2D eigenvalue weighted by molar-refractivity contribution is -0.138. The van der Waals surface area contributed by atoms with Crippen molar-refractivity contribution in [1.29, 1.82) is 10.7 Å². The molecule has 0 bridgehead atoms. The van der Waals surface area contributed by atoms with E-state index in [0.717, 1.165) is 6.21 Å². The molecule has 1 saturated heterocycles. The minimum Gasteiger partial charge on any atom is -0.480 e. The average Bonchev–Trinajstić information content (AvgIpc) is 2.92. The van der Waals surface area contributed by atoms with E-state index in [-0.39, 0.29) is 47.1 Å². The molecule has 0 radical (unpaired) electrons. The Kier molecular flexibility index (Phi) is 8.97. The van der Waals surface area contributed by atoms with E-state index in [1.807, 2.05) is 0 Å². The average molecular weight is 601 g/mol. The van der Waals surface area contributed by atoms with Crippen LogP contribution in [0, 0.1) is 16.9 Å². The van der Waals surface area contributed by atoms with Gasteiger partial charge in [-0.3, -0.25) is 14.9 Å². The first-order valence-electron chi connectivity index (χ1n) is 12.4. The van der Waals surface area contributed by atoms with Crippen LogP contribution in [-0.4, -0.2) is 88.3 Å². The number of nitrogen functional groups attached to an aromatic ring is 1. The number of aliphatic imine (C=N–C) groups is 1. The Morgan fingerprint density at radius 2 is 2.00 bits per heavy atom. The van der Waals surface area contributed by atoms with Crippen molar-refractivity contribution in [2.75, 3.05) is 31.9 Å². The van der Waals surface area contributed by atoms with Crippen LogP contribution >= 0.6 is 23.2 Å². The maximum absolute atomic E-state index is 13.1. The van der Waals surface area contributed by atoms with Crippen molar-refractivity contribution in [2.45, 2.75) is 25.1 Å². The van der Waals surface area contributed by atoms with Crippen molar-refractivity contribution >= 4 is 58.8 Å². The number of anilines is 1. The lowest BCUT2D eigenvalue weighted by Crippen LogP contribution is -2.57. The number of likely N-dealkylation sites (tertiary alicyclic amines) is 1. The van der Waals surface area contributed by atoms with Gasteiger partial charge in [-0.05, 0) is 35.7 Å². The number of amides is 2. The number of hydrogen-bond donors (Lipinski definition) is 6. The number of aliphatic hydroxyl groups excluding tert-OH is 1. The Morgan fingerprint density at radius 1 is 1.27 bits per heavy atom. The molecule has 214 valence electrons. The molecule has 4 rings (SSSR count). The van der Waals surface area contributed by atoms with Gasteiger partial charge in [-0.1, -0.05) is 29.3 Å². The molecule has 1 fully saturated rings. The van der Waals surface area contributed by atoms with Crippen molar-refractivity contribution < 1.29 is 24.6 Å². The van der Waals surface area contributed by atoms with Crippen LogP contribution in [0.1, 0.15) is 37.4 Å². The van der Waals surface area contributed by atoms with Crippen molar-refractivity contribution in [3.05, 3.63) is 62.1 Å². The number of aliphatic hydroxyl groups is 1. The van der Waals surface area contributed by atoms with Gasteiger partial charge < -0.3 is 36.5 Å². The number of nitrogens with one attached hydrogen (secondary N) is 3. The van der Waals surface area contributed by atoms with Crippen molar-refractivity contribution in [3.8, 4) is 6.19 Å². The number of rotatable bonds is 7. The number of hydrogen-bond acceptors (Lipinski definition) is 8. The van der Waals surface area contributed by atoms with Gasteiger partial charge >= 0.3 is 5.97 Å². The molecule has 2 aromatic carbocycles. The Labute approximate surface area is 244 Å². The normalized spacial score (nSPS) is 15.7. The molecule has 2 aliphatic heterocycles. The van der Waals surface area contributed by atoms with Crippen LogP contribution in [0.2, 0.25) is 10.0 Å². The van der Waals surface area contributed by atoms with Crippen molar-refractivity contribution in [2.24, 2.45) is 4.99 Å². The third-order valence-electron chi connectivity index (χ3n) is 6.76. The van der Waals surface area contributed by atoms with Crippen LogP contribution in [0.25, 0.3) is 0 Å². The molecule has 0 aromatic heterocycles. The first-order valence-corrected chi connectivity index (χ1v) is 13.1. The van der Waals surface area contributed by atoms with Gasteiger partial charge in [0.15, 0.2) is 6.19 Å². The molecule has 13 nitrogen and oxygen atoms in total. The zero-order chi connectivity index (χ0) is 29.8. The Balaban J connectivity index is 1.50. The number of carboxylic acid groups (broad SMARTS) is 1. The highest BCUT2D eigenvalue weighted by atomic mass is 35.5. The quantitative estimate of drug-likeness (QED) is 0.0880. The highest BCUT2D eigenvalue weighted by Crippen LogP contribution is 2.35. The number of halogens is 2. The molecule has 0 unspecified atom stereocenters. The van der Waals surface area contributed by atoms with E-state index in [1.165, 1.54) is 12.1 Å². The lowest BCUT2D eigenvalue weighted by atomic mass is 9.95. The van der Waals surface area contributed by atoms with Gasteiger partial charge in [-0.15, -0.1) is 0 Å². The highest BCUT2D eigenvalue weighted by molar-refractivity contribution is 6.40. The van der Waals surface area contributed by atoms with Crippen LogP contribution in [0.5, 0.6) is 0 Å². The molecule has 0 saturated carbocycles. The molecular weight excluding hydrogens is 575 g/mol. The van der Waals surface area contributed by atoms with E-state index in [2.05, 4.69) is 15.6 Å². The Morgan fingerprint density at radius 3 is 2.61 bits per heavy atom. The van der Waals surface area contributed by atoms with E-state index in [1.54, 1.807) is 28.1 Å². The summed E-state index contributed by atoms with van der Waals surface area (Å²) in [7, 11) is 0. The maximum atomic E-state index is 13.1. The van der Waals surface area contributed by atoms with Crippen LogP contribution in [-0.2, 0) is 17.8 Å². The monoisotopic (exact) mass is 600 g/mol. The summed E-state index contributed by atoms with van der Waals surface area (Å²) in [6, 6.07) is 4.77. The summed E-state index contributed by atoms with van der Waals surface area (Å²) in [5.41, 5.74) is 8.26. The minimum absolute atomic E-state index is 0.0193. The predicted molar refractivity (Wildman–Crippen MR) is 151 cm³/mol. The van der Waals surface area contributed by atoms with Gasteiger partial charge in [0.25, 0.3) is 11.8 Å². The van der Waals surface area contributed by atoms with Gasteiger partial charge in [-0.25, -0.2) is 9.79 Å². The number of aliphatic carboxylic acids is 1. The van der Waals surface area contributed by atoms with E-state index in [9.17, 15) is 24.6 Å². The molecule has 0 aliphatic carbocycles. The second-order valence-electron chi connectivity index (χ2n) is 9.47. The topological polar surface area (TPSA) is 208 Å². The second kappa shape index (κ2) is 12.4. The number of nitrogens with two attached hydrogens (primary N) is 1. The van der Waals surface area contributed by atoms with Gasteiger partial charge in [0.1, 0.15) is 6.04 Å². The second-order valence-corrected chi connectivity index (χ2v) is 10.3. The zero-order valence-electron chi connectivity index (χ0n) is 21.5. The van der Waals surface area contributed by atoms with Gasteiger partial charge in [-0.2, -0.15) is 5.26 Å². The molecule has 0 spiro atoms. The molecular formula is C26H26Cl2N8O5. The van der Waals surface area contributed by atoms with Gasteiger partial charge in [0.2, 0.25) is 5.96 Å². The highest BCUT2D eigenvalue weighted by Gasteiger charge is 2.31. The number of carbonyl (C=O) groups is 3. The summed E-state index contributed by atoms with van der Waals surface area (Å²) < 4.78 is 0. The van der Waals surface area contributed by atoms with Crippen molar-refractivity contribution in [1.82, 2.24) is 20.4 Å². The smallest absolute Gasteiger partial charge is 0.328 e. The van der Waals surface area contributed by atoms with Crippen LogP contribution < -0.4 is 16.4 Å². The molecule has 7 N–H and O–H groups in total. The lowest BCUT2D eigenvalue weighted by Gasteiger charge is -2.37. The standard InChI is InChI=1S/C26H26Cl2N8O5/c27-18-5-15-9-35(24(39)13-1-2-14(7-29)19(31)6-13)4-3-17(15)22(28)21(18)23(38)34-20(25(40)41)8-32-26(33-12-30)36-10-16(37)11-36/h1-2,5-7,16,20,29,37H,3-4,8-11,31H2,(H,32,33)(H,34,38)(H,40,41)/t20-/m0/s1. The predicted octanol–water partition coefficient (Wildman–Crippen LogP) is 1.06. The fraction of sp³-hybridized carbons (Fsp3) is 0.308. The van der Waals surface area contributed by atoms with Gasteiger partial charge in [0, 0.05) is 49.2 Å². The Hall–Kier alpha value is -4.38. The molecule has 41 heavy (non-hydrogen) atoms. The molecule has 2 aromatic rings. The maximum Gasteiger partial charge on any atom is 0.328 e. The summed E-state index contributed by atoms with van der Waals surface area (Å²) in [6.07, 6.45) is 2.56. The van der Waals surface area contributed by atoms with Crippen LogP contribution in [0.15, 0.2) is 29.3 Å². The number of fused-ring (bicyclic) bond motifs is 1. The van der Waals surface area contributed by atoms with E-state index < -0.39 is 30.6 Å². The molecule has 15 heteroatoms. The summed E-state index contributed by atoms with van der Waals surface area (Å²) in [6.45, 7) is 0.527. The number of carboxylic acids is 1. The third-order valence-corrected chi connectivity index (χ3v) is 7.48. The summed E-state index contributed by atoms with van der Waals surface area (Å²) in [5, 5.41) is 40.2. The zero-order valence-corrected chi connectivity index (χ0v) is 23.0. The first kappa shape index (κ1) is 29.6. The summed E-state index contributed by atoms with van der Waals surface area (Å²) in [4.78, 5) is 45.4. The minimum atomic E-state index is -1.47. The van der Waals surface area contributed by atoms with Crippen LogP contribution in [0.3, 0.4) is 0 Å². The molecule has 2 aliphatic rings. The number of β-amino-alcohol motifs (C(OH)–C–C–N with tert-alkyl or cyclic N) is 1. The molecule has 1 atom stereocenters.